The SMILES string of the molecule is CCC[C@H]1O[C@@H](C[C@@H]2CCCCCC(C)C2)C[C@H]1OC. The molecule has 2 heteroatoms. The van der Waals surface area contributed by atoms with Crippen LogP contribution in [0.1, 0.15) is 78.1 Å². The highest BCUT2D eigenvalue weighted by Crippen LogP contribution is 2.35. The molecule has 20 heavy (non-hydrogen) atoms. The first-order valence-corrected chi connectivity index (χ1v) is 8.91. The molecule has 0 amide bonds. The van der Waals surface area contributed by atoms with Crippen molar-refractivity contribution in [2.45, 2.75) is 96.4 Å². The second-order valence-electron chi connectivity index (χ2n) is 7.18. The van der Waals surface area contributed by atoms with Crippen LogP contribution in [0.4, 0.5) is 0 Å². The molecule has 1 aliphatic carbocycles. The van der Waals surface area contributed by atoms with E-state index >= 15 is 0 Å². The molecule has 1 saturated heterocycles. The first kappa shape index (κ1) is 16.3. The first-order valence-electron chi connectivity index (χ1n) is 8.91. The number of ether oxygens (including phenoxy) is 2. The van der Waals surface area contributed by atoms with Crippen molar-refractivity contribution in [3.63, 3.8) is 0 Å². The molecule has 0 N–H and O–H groups in total. The molecule has 0 aromatic heterocycles. The lowest BCUT2D eigenvalue weighted by Gasteiger charge is -2.26. The van der Waals surface area contributed by atoms with Gasteiger partial charge in [0.2, 0.25) is 0 Å². The van der Waals surface area contributed by atoms with E-state index < -0.39 is 0 Å². The van der Waals surface area contributed by atoms with Crippen molar-refractivity contribution in [2.24, 2.45) is 11.8 Å². The van der Waals surface area contributed by atoms with E-state index in [1.165, 1.54) is 51.4 Å². The summed E-state index contributed by atoms with van der Waals surface area (Å²) >= 11 is 0. The fourth-order valence-electron chi connectivity index (χ4n) is 4.23. The van der Waals surface area contributed by atoms with Crippen molar-refractivity contribution in [1.82, 2.24) is 0 Å². The molecular formula is C18H34O2. The lowest BCUT2D eigenvalue weighted by atomic mass is 9.82. The van der Waals surface area contributed by atoms with Crippen LogP contribution in [-0.2, 0) is 9.47 Å². The van der Waals surface area contributed by atoms with Crippen molar-refractivity contribution in [2.75, 3.05) is 7.11 Å². The van der Waals surface area contributed by atoms with Crippen LogP contribution in [0.5, 0.6) is 0 Å². The Balaban J connectivity index is 1.82. The maximum Gasteiger partial charge on any atom is 0.0857 e. The van der Waals surface area contributed by atoms with Crippen LogP contribution >= 0.6 is 0 Å². The van der Waals surface area contributed by atoms with Crippen molar-refractivity contribution in [3.8, 4) is 0 Å². The van der Waals surface area contributed by atoms with Crippen molar-refractivity contribution < 1.29 is 9.47 Å². The van der Waals surface area contributed by atoms with E-state index in [4.69, 9.17) is 9.47 Å². The molecule has 0 aromatic rings. The van der Waals surface area contributed by atoms with Crippen molar-refractivity contribution >= 4 is 0 Å². The minimum Gasteiger partial charge on any atom is -0.379 e. The second-order valence-corrected chi connectivity index (χ2v) is 7.18. The van der Waals surface area contributed by atoms with E-state index in [-0.39, 0.29) is 0 Å². The highest BCUT2D eigenvalue weighted by Gasteiger charge is 2.35. The Morgan fingerprint density at radius 1 is 1.10 bits per heavy atom. The van der Waals surface area contributed by atoms with Crippen LogP contribution in [0.2, 0.25) is 0 Å². The molecule has 1 heterocycles. The normalized spacial score (nSPS) is 39.5. The summed E-state index contributed by atoms with van der Waals surface area (Å²) in [6.07, 6.45) is 14.4. The predicted octanol–water partition coefficient (Wildman–Crippen LogP) is 4.96. The van der Waals surface area contributed by atoms with Gasteiger partial charge in [-0.15, -0.1) is 0 Å². The molecule has 5 atom stereocenters. The Morgan fingerprint density at radius 2 is 1.90 bits per heavy atom. The third-order valence-corrected chi connectivity index (χ3v) is 5.29. The molecule has 1 aliphatic heterocycles. The molecule has 0 aromatic carbocycles. The van der Waals surface area contributed by atoms with Gasteiger partial charge >= 0.3 is 0 Å². The van der Waals surface area contributed by atoms with E-state index in [1.807, 2.05) is 7.11 Å². The zero-order valence-corrected chi connectivity index (χ0v) is 13.8. The Labute approximate surface area is 125 Å². The van der Waals surface area contributed by atoms with E-state index in [0.29, 0.717) is 18.3 Å². The standard InChI is InChI=1S/C18H34O2/c1-4-8-17-18(19-3)13-16(20-17)12-15-10-7-5-6-9-14(2)11-15/h14-18H,4-13H2,1-3H3/t14?,15-,16+,17-,18-/m1/s1. The maximum absolute atomic E-state index is 6.29. The minimum atomic E-state index is 0.339. The summed E-state index contributed by atoms with van der Waals surface area (Å²) in [6, 6.07) is 0. The monoisotopic (exact) mass is 282 g/mol. The average molecular weight is 282 g/mol. The van der Waals surface area contributed by atoms with E-state index in [2.05, 4.69) is 13.8 Å². The van der Waals surface area contributed by atoms with Gasteiger partial charge in [-0.05, 0) is 31.1 Å². The van der Waals surface area contributed by atoms with Crippen LogP contribution < -0.4 is 0 Å². The second kappa shape index (κ2) is 8.38. The third-order valence-electron chi connectivity index (χ3n) is 5.29. The van der Waals surface area contributed by atoms with Gasteiger partial charge in [-0.25, -0.2) is 0 Å². The summed E-state index contributed by atoms with van der Waals surface area (Å²) in [5, 5.41) is 0. The Kier molecular flexibility index (Phi) is 6.83. The molecule has 0 radical (unpaired) electrons. The molecule has 0 bridgehead atoms. The molecule has 2 aliphatic rings. The summed E-state index contributed by atoms with van der Waals surface area (Å²) in [5.41, 5.74) is 0. The summed E-state index contributed by atoms with van der Waals surface area (Å²) in [5.74, 6) is 1.79. The van der Waals surface area contributed by atoms with E-state index in [0.717, 1.165) is 24.7 Å². The van der Waals surface area contributed by atoms with Crippen LogP contribution in [0.15, 0.2) is 0 Å². The summed E-state index contributed by atoms with van der Waals surface area (Å²) < 4.78 is 11.9. The van der Waals surface area contributed by atoms with Gasteiger partial charge in [0.05, 0.1) is 18.3 Å². The van der Waals surface area contributed by atoms with Gasteiger partial charge in [-0.2, -0.15) is 0 Å². The fraction of sp³-hybridized carbons (Fsp3) is 1.00. The minimum absolute atomic E-state index is 0.339. The number of methoxy groups -OCH3 is 1. The number of hydrogen-bond acceptors (Lipinski definition) is 2. The smallest absolute Gasteiger partial charge is 0.0857 e. The first-order chi connectivity index (χ1) is 9.72. The third kappa shape index (κ3) is 4.73. The fourth-order valence-corrected chi connectivity index (χ4v) is 4.23. The predicted molar refractivity (Wildman–Crippen MR) is 84.0 cm³/mol. The average Bonchev–Trinajstić information content (AvgIpc) is 2.78. The Morgan fingerprint density at radius 3 is 2.65 bits per heavy atom. The molecule has 2 nitrogen and oxygen atoms in total. The molecule has 1 unspecified atom stereocenters. The zero-order valence-electron chi connectivity index (χ0n) is 13.8. The van der Waals surface area contributed by atoms with Crippen molar-refractivity contribution in [1.29, 1.82) is 0 Å². The van der Waals surface area contributed by atoms with E-state index in [1.54, 1.807) is 0 Å². The Hall–Kier alpha value is -0.0800. The molecule has 0 spiro atoms. The van der Waals surface area contributed by atoms with Crippen molar-refractivity contribution in [3.05, 3.63) is 0 Å². The van der Waals surface area contributed by atoms with Crippen LogP contribution in [0.3, 0.4) is 0 Å². The van der Waals surface area contributed by atoms with Gasteiger partial charge in [0, 0.05) is 13.5 Å². The molecule has 1 saturated carbocycles. The zero-order chi connectivity index (χ0) is 14.4. The molecule has 2 fully saturated rings. The highest BCUT2D eigenvalue weighted by molar-refractivity contribution is 4.85. The molecule has 2 rings (SSSR count). The van der Waals surface area contributed by atoms with Gasteiger partial charge < -0.3 is 9.47 Å². The number of rotatable bonds is 5. The molecule has 118 valence electrons. The summed E-state index contributed by atoms with van der Waals surface area (Å²) in [6.45, 7) is 4.67. The summed E-state index contributed by atoms with van der Waals surface area (Å²) in [4.78, 5) is 0. The lowest BCUT2D eigenvalue weighted by molar-refractivity contribution is -0.0164. The quantitative estimate of drug-likeness (QED) is 0.710. The van der Waals surface area contributed by atoms with Crippen LogP contribution in [0, 0.1) is 11.8 Å². The summed E-state index contributed by atoms with van der Waals surface area (Å²) in [7, 11) is 1.84. The van der Waals surface area contributed by atoms with Gasteiger partial charge in [0.25, 0.3) is 0 Å². The molecular weight excluding hydrogens is 248 g/mol. The van der Waals surface area contributed by atoms with Gasteiger partial charge in [0.15, 0.2) is 0 Å². The van der Waals surface area contributed by atoms with Crippen LogP contribution in [0.25, 0.3) is 0 Å². The van der Waals surface area contributed by atoms with Gasteiger partial charge in [-0.3, -0.25) is 0 Å². The lowest BCUT2D eigenvalue weighted by Crippen LogP contribution is -2.22. The topological polar surface area (TPSA) is 18.5 Å². The van der Waals surface area contributed by atoms with E-state index in [9.17, 15) is 0 Å². The van der Waals surface area contributed by atoms with Gasteiger partial charge in [-0.1, -0.05) is 52.4 Å². The van der Waals surface area contributed by atoms with Crippen LogP contribution in [-0.4, -0.2) is 25.4 Å². The largest absolute Gasteiger partial charge is 0.379 e. The highest BCUT2D eigenvalue weighted by atomic mass is 16.6. The van der Waals surface area contributed by atoms with Gasteiger partial charge in [0.1, 0.15) is 0 Å². The maximum atomic E-state index is 6.29. The number of hydrogen-bond donors (Lipinski definition) is 0. The Bertz CT molecular complexity index is 266.